The molecule has 1 aromatic heterocycles. The maximum atomic E-state index is 13.7. The molecule has 1 unspecified atom stereocenters. The van der Waals surface area contributed by atoms with Crippen molar-refractivity contribution in [2.75, 3.05) is 13.1 Å². The van der Waals surface area contributed by atoms with E-state index in [-0.39, 0.29) is 11.2 Å². The number of rotatable bonds is 3. The third-order valence-electron chi connectivity index (χ3n) is 3.91. The molecular formula is C14H16FN3O. The zero-order valence-corrected chi connectivity index (χ0v) is 10.8. The fraction of sp³-hybridized carbons (Fsp3) is 0.429. The van der Waals surface area contributed by atoms with Crippen LogP contribution in [0.25, 0.3) is 11.4 Å². The SMILES string of the molecule is CCC1(c2nc(-c3ccccc3F)no2)CCNC1. The molecular weight excluding hydrogens is 245 g/mol. The maximum Gasteiger partial charge on any atom is 0.234 e. The van der Waals surface area contributed by atoms with Gasteiger partial charge in [0.05, 0.1) is 11.0 Å². The number of hydrogen-bond acceptors (Lipinski definition) is 4. The predicted molar refractivity (Wildman–Crippen MR) is 69.1 cm³/mol. The molecule has 1 atom stereocenters. The molecule has 1 saturated heterocycles. The van der Waals surface area contributed by atoms with E-state index in [9.17, 15) is 4.39 Å². The van der Waals surface area contributed by atoms with E-state index in [1.165, 1.54) is 6.07 Å². The van der Waals surface area contributed by atoms with Gasteiger partial charge in [0.2, 0.25) is 11.7 Å². The summed E-state index contributed by atoms with van der Waals surface area (Å²) in [6.07, 6.45) is 1.90. The minimum atomic E-state index is -0.329. The molecule has 1 aromatic carbocycles. The van der Waals surface area contributed by atoms with Gasteiger partial charge in [-0.15, -0.1) is 0 Å². The summed E-state index contributed by atoms with van der Waals surface area (Å²) >= 11 is 0. The van der Waals surface area contributed by atoms with Gasteiger partial charge in [-0.1, -0.05) is 24.2 Å². The Morgan fingerprint density at radius 2 is 2.26 bits per heavy atom. The number of nitrogens with one attached hydrogen (secondary N) is 1. The molecule has 1 aliphatic rings. The second kappa shape index (κ2) is 4.74. The second-order valence-corrected chi connectivity index (χ2v) is 4.96. The molecule has 0 radical (unpaired) electrons. The maximum absolute atomic E-state index is 13.7. The van der Waals surface area contributed by atoms with Gasteiger partial charge in [-0.2, -0.15) is 4.98 Å². The summed E-state index contributed by atoms with van der Waals surface area (Å²) in [5, 5.41) is 7.25. The first-order chi connectivity index (χ1) is 9.25. The predicted octanol–water partition coefficient (Wildman–Crippen LogP) is 2.52. The standard InChI is InChI=1S/C14H16FN3O/c1-2-14(7-8-16-9-14)13-17-12(18-19-13)10-5-3-4-6-11(10)15/h3-6,16H,2,7-9H2,1H3. The third-order valence-corrected chi connectivity index (χ3v) is 3.91. The Kier molecular flexibility index (Phi) is 3.06. The van der Waals surface area contributed by atoms with Crippen molar-refractivity contribution >= 4 is 0 Å². The lowest BCUT2D eigenvalue weighted by atomic mass is 9.84. The molecule has 2 aromatic rings. The molecule has 0 spiro atoms. The van der Waals surface area contributed by atoms with E-state index in [0.29, 0.717) is 17.3 Å². The Labute approximate surface area is 111 Å². The van der Waals surface area contributed by atoms with Gasteiger partial charge in [-0.25, -0.2) is 4.39 Å². The topological polar surface area (TPSA) is 51.0 Å². The molecule has 0 amide bonds. The lowest BCUT2D eigenvalue weighted by Gasteiger charge is -2.20. The molecule has 2 heterocycles. The minimum Gasteiger partial charge on any atom is -0.338 e. The van der Waals surface area contributed by atoms with Crippen molar-refractivity contribution in [2.24, 2.45) is 0 Å². The average molecular weight is 261 g/mol. The Morgan fingerprint density at radius 1 is 1.42 bits per heavy atom. The lowest BCUT2D eigenvalue weighted by molar-refractivity contribution is 0.285. The summed E-state index contributed by atoms with van der Waals surface area (Å²) < 4.78 is 19.1. The molecule has 0 saturated carbocycles. The fourth-order valence-corrected chi connectivity index (χ4v) is 2.57. The Hall–Kier alpha value is -1.75. The van der Waals surface area contributed by atoms with Crippen molar-refractivity contribution in [3.63, 3.8) is 0 Å². The van der Waals surface area contributed by atoms with Crippen molar-refractivity contribution in [1.29, 1.82) is 0 Å². The first-order valence-corrected chi connectivity index (χ1v) is 6.55. The van der Waals surface area contributed by atoms with E-state index in [1.54, 1.807) is 18.2 Å². The van der Waals surface area contributed by atoms with Crippen LogP contribution in [0, 0.1) is 5.82 Å². The van der Waals surface area contributed by atoms with Gasteiger partial charge in [-0.3, -0.25) is 0 Å². The Balaban J connectivity index is 1.98. The highest BCUT2D eigenvalue weighted by Crippen LogP contribution is 2.34. The van der Waals surface area contributed by atoms with E-state index in [2.05, 4.69) is 22.4 Å². The summed E-state index contributed by atoms with van der Waals surface area (Å²) in [5.74, 6) is 0.607. The van der Waals surface area contributed by atoms with E-state index >= 15 is 0 Å². The number of aromatic nitrogens is 2. The van der Waals surface area contributed by atoms with Crippen LogP contribution in [0.5, 0.6) is 0 Å². The van der Waals surface area contributed by atoms with Gasteiger partial charge in [0.1, 0.15) is 5.82 Å². The van der Waals surface area contributed by atoms with E-state index < -0.39 is 0 Å². The Bertz CT molecular complexity index is 576. The largest absolute Gasteiger partial charge is 0.338 e. The summed E-state index contributed by atoms with van der Waals surface area (Å²) in [4.78, 5) is 4.41. The van der Waals surface area contributed by atoms with Crippen LogP contribution in [0.4, 0.5) is 4.39 Å². The quantitative estimate of drug-likeness (QED) is 0.922. The highest BCUT2D eigenvalue weighted by molar-refractivity contribution is 5.54. The summed E-state index contributed by atoms with van der Waals surface area (Å²) in [7, 11) is 0. The van der Waals surface area contributed by atoms with Crippen LogP contribution in [0.2, 0.25) is 0 Å². The highest BCUT2D eigenvalue weighted by Gasteiger charge is 2.39. The van der Waals surface area contributed by atoms with Gasteiger partial charge in [0, 0.05) is 6.54 Å². The van der Waals surface area contributed by atoms with Gasteiger partial charge in [0.25, 0.3) is 0 Å². The van der Waals surface area contributed by atoms with E-state index in [4.69, 9.17) is 4.52 Å². The van der Waals surface area contributed by atoms with Crippen LogP contribution >= 0.6 is 0 Å². The first-order valence-electron chi connectivity index (χ1n) is 6.55. The van der Waals surface area contributed by atoms with Crippen LogP contribution in [0.3, 0.4) is 0 Å². The smallest absolute Gasteiger partial charge is 0.234 e. The van der Waals surface area contributed by atoms with Gasteiger partial charge in [-0.05, 0) is 31.5 Å². The molecule has 19 heavy (non-hydrogen) atoms. The van der Waals surface area contributed by atoms with Crippen LogP contribution in [-0.4, -0.2) is 23.2 Å². The zero-order valence-electron chi connectivity index (χ0n) is 10.8. The average Bonchev–Trinajstić information content (AvgIpc) is 3.09. The second-order valence-electron chi connectivity index (χ2n) is 4.96. The van der Waals surface area contributed by atoms with Crippen molar-refractivity contribution in [1.82, 2.24) is 15.5 Å². The molecule has 5 heteroatoms. The van der Waals surface area contributed by atoms with Gasteiger partial charge >= 0.3 is 0 Å². The molecule has 0 aliphatic carbocycles. The number of benzene rings is 1. The summed E-state index contributed by atoms with van der Waals surface area (Å²) in [5.41, 5.74) is 0.283. The molecule has 3 rings (SSSR count). The molecule has 1 fully saturated rings. The fourth-order valence-electron chi connectivity index (χ4n) is 2.57. The van der Waals surface area contributed by atoms with Crippen LogP contribution in [0.15, 0.2) is 28.8 Å². The van der Waals surface area contributed by atoms with Crippen molar-refractivity contribution in [3.8, 4) is 11.4 Å². The minimum absolute atomic E-state index is 0.101. The van der Waals surface area contributed by atoms with Crippen LogP contribution in [0.1, 0.15) is 25.7 Å². The van der Waals surface area contributed by atoms with Crippen LogP contribution in [-0.2, 0) is 5.41 Å². The first kappa shape index (κ1) is 12.3. The number of halogens is 1. The Morgan fingerprint density at radius 3 is 2.95 bits per heavy atom. The van der Waals surface area contributed by atoms with Crippen molar-refractivity contribution < 1.29 is 8.91 Å². The van der Waals surface area contributed by atoms with Gasteiger partial charge in [0.15, 0.2) is 0 Å². The molecule has 1 aliphatic heterocycles. The zero-order chi connectivity index (χ0) is 13.3. The molecule has 100 valence electrons. The molecule has 4 nitrogen and oxygen atoms in total. The van der Waals surface area contributed by atoms with Crippen molar-refractivity contribution in [2.45, 2.75) is 25.2 Å². The van der Waals surface area contributed by atoms with E-state index in [0.717, 1.165) is 25.9 Å². The number of hydrogen-bond donors (Lipinski definition) is 1. The monoisotopic (exact) mass is 261 g/mol. The molecule has 0 bridgehead atoms. The lowest BCUT2D eigenvalue weighted by Crippen LogP contribution is -2.28. The number of nitrogens with zero attached hydrogens (tertiary/aromatic N) is 2. The van der Waals surface area contributed by atoms with Crippen LogP contribution < -0.4 is 5.32 Å². The summed E-state index contributed by atoms with van der Waals surface area (Å²) in [6.45, 7) is 3.90. The summed E-state index contributed by atoms with van der Waals surface area (Å²) in [6, 6.07) is 6.48. The van der Waals surface area contributed by atoms with Crippen molar-refractivity contribution in [3.05, 3.63) is 36.0 Å². The molecule has 1 N–H and O–H groups in total. The van der Waals surface area contributed by atoms with E-state index in [1.807, 2.05) is 0 Å². The highest BCUT2D eigenvalue weighted by atomic mass is 19.1. The van der Waals surface area contributed by atoms with Gasteiger partial charge < -0.3 is 9.84 Å². The third kappa shape index (κ3) is 2.04. The normalized spacial score (nSPS) is 22.8.